The predicted molar refractivity (Wildman–Crippen MR) is 120 cm³/mol. The molecule has 0 aliphatic rings. The number of hydrogen-bond donors (Lipinski definition) is 0. The molecule has 0 radical (unpaired) electrons. The summed E-state index contributed by atoms with van der Waals surface area (Å²) in [5, 5.41) is 0. The molecule has 0 saturated carbocycles. The van der Waals surface area contributed by atoms with Gasteiger partial charge in [-0.2, -0.15) is 0 Å². The van der Waals surface area contributed by atoms with E-state index in [2.05, 4.69) is 72.8 Å². The van der Waals surface area contributed by atoms with Gasteiger partial charge in [-0.3, -0.25) is 0 Å². The maximum atomic E-state index is 5.88. The highest BCUT2D eigenvalue weighted by atomic mass is 35.5. The first-order chi connectivity index (χ1) is 12.9. The monoisotopic (exact) mass is 372 g/mol. The van der Waals surface area contributed by atoms with E-state index >= 15 is 0 Å². The lowest BCUT2D eigenvalue weighted by atomic mass is 10.0. The van der Waals surface area contributed by atoms with Gasteiger partial charge in [0.2, 0.25) is 0 Å². The molecule has 0 N–H and O–H groups in total. The Labute approximate surface area is 168 Å². The van der Waals surface area contributed by atoms with Gasteiger partial charge in [0, 0.05) is 5.88 Å². The smallest absolute Gasteiger partial charge is 0.0480 e. The minimum atomic E-state index is 0. The van der Waals surface area contributed by atoms with Gasteiger partial charge in [-0.15, -0.1) is 11.6 Å². The van der Waals surface area contributed by atoms with Crippen LogP contribution in [0.15, 0.2) is 115 Å². The van der Waals surface area contributed by atoms with Gasteiger partial charge in [0.25, 0.3) is 0 Å². The van der Waals surface area contributed by atoms with Crippen molar-refractivity contribution in [3.63, 3.8) is 0 Å². The molecule has 0 aliphatic carbocycles. The van der Waals surface area contributed by atoms with E-state index < -0.39 is 0 Å². The second-order valence-corrected chi connectivity index (χ2v) is 6.16. The molecule has 0 fully saturated rings. The Kier molecular flexibility index (Phi) is 8.35. The van der Waals surface area contributed by atoms with E-state index in [1.54, 1.807) is 0 Å². The van der Waals surface area contributed by atoms with E-state index in [4.69, 9.17) is 11.6 Å². The molecule has 0 atom stereocenters. The molecule has 136 valence electrons. The van der Waals surface area contributed by atoms with Crippen LogP contribution in [0.1, 0.15) is 13.0 Å². The van der Waals surface area contributed by atoms with Crippen LogP contribution in [0.25, 0.3) is 22.3 Å². The SMILES string of the molecule is C.ClCc1ccccc1-c1ccccc1.c1ccc(-c2ccccc2)cc1. The summed E-state index contributed by atoms with van der Waals surface area (Å²) in [6.07, 6.45) is 0. The zero-order valence-electron chi connectivity index (χ0n) is 14.6. The molecule has 4 aromatic carbocycles. The van der Waals surface area contributed by atoms with Crippen LogP contribution in [0, 0.1) is 0 Å². The summed E-state index contributed by atoms with van der Waals surface area (Å²) >= 11 is 5.88. The summed E-state index contributed by atoms with van der Waals surface area (Å²) in [5.41, 5.74) is 6.18. The third-order valence-electron chi connectivity index (χ3n) is 4.13. The maximum Gasteiger partial charge on any atom is 0.0480 e. The molecule has 27 heavy (non-hydrogen) atoms. The molecular formula is C26H25Cl. The number of halogens is 1. The normalized spacial score (nSPS) is 9.52. The average Bonchev–Trinajstić information content (AvgIpc) is 2.76. The highest BCUT2D eigenvalue weighted by Gasteiger charge is 2.01. The molecule has 4 rings (SSSR count). The molecule has 0 aromatic heterocycles. The first-order valence-corrected chi connectivity index (χ1v) is 9.21. The highest BCUT2D eigenvalue weighted by molar-refractivity contribution is 6.17. The Morgan fingerprint density at radius 3 is 1.26 bits per heavy atom. The number of rotatable bonds is 3. The van der Waals surface area contributed by atoms with Crippen molar-refractivity contribution in [1.29, 1.82) is 0 Å². The lowest BCUT2D eigenvalue weighted by Gasteiger charge is -2.06. The van der Waals surface area contributed by atoms with Gasteiger partial charge in [0.15, 0.2) is 0 Å². The van der Waals surface area contributed by atoms with Crippen LogP contribution in [0.3, 0.4) is 0 Å². The van der Waals surface area contributed by atoms with Crippen LogP contribution in [-0.4, -0.2) is 0 Å². The highest BCUT2D eigenvalue weighted by Crippen LogP contribution is 2.24. The molecule has 0 nitrogen and oxygen atoms in total. The number of benzene rings is 4. The molecule has 0 saturated heterocycles. The molecule has 0 heterocycles. The Hall–Kier alpha value is -2.83. The summed E-state index contributed by atoms with van der Waals surface area (Å²) in [6.45, 7) is 0. The van der Waals surface area contributed by atoms with Crippen LogP contribution in [0.2, 0.25) is 0 Å². The van der Waals surface area contributed by atoms with E-state index in [0.29, 0.717) is 5.88 Å². The van der Waals surface area contributed by atoms with Gasteiger partial charge < -0.3 is 0 Å². The van der Waals surface area contributed by atoms with Crippen molar-refractivity contribution >= 4 is 11.6 Å². The van der Waals surface area contributed by atoms with E-state index in [-0.39, 0.29) is 7.43 Å². The first kappa shape index (κ1) is 20.5. The van der Waals surface area contributed by atoms with Crippen molar-refractivity contribution in [2.45, 2.75) is 13.3 Å². The van der Waals surface area contributed by atoms with Crippen molar-refractivity contribution in [1.82, 2.24) is 0 Å². The topological polar surface area (TPSA) is 0 Å². The Balaban J connectivity index is 0.000000189. The zero-order valence-corrected chi connectivity index (χ0v) is 15.3. The van der Waals surface area contributed by atoms with Crippen LogP contribution < -0.4 is 0 Å². The van der Waals surface area contributed by atoms with Crippen molar-refractivity contribution in [3.8, 4) is 22.3 Å². The Morgan fingerprint density at radius 1 is 0.444 bits per heavy atom. The van der Waals surface area contributed by atoms with Crippen LogP contribution in [0.5, 0.6) is 0 Å². The molecule has 1 heteroatoms. The van der Waals surface area contributed by atoms with E-state index in [1.807, 2.05) is 42.5 Å². The van der Waals surface area contributed by atoms with Gasteiger partial charge in [-0.1, -0.05) is 123 Å². The fraction of sp³-hybridized carbons (Fsp3) is 0.0769. The van der Waals surface area contributed by atoms with Crippen molar-refractivity contribution < 1.29 is 0 Å². The second kappa shape index (κ2) is 11.0. The van der Waals surface area contributed by atoms with Gasteiger partial charge in [0.1, 0.15) is 0 Å². The van der Waals surface area contributed by atoms with Crippen LogP contribution in [0.4, 0.5) is 0 Å². The predicted octanol–water partition coefficient (Wildman–Crippen LogP) is 8.08. The third-order valence-corrected chi connectivity index (χ3v) is 4.41. The van der Waals surface area contributed by atoms with E-state index in [9.17, 15) is 0 Å². The van der Waals surface area contributed by atoms with E-state index in [0.717, 1.165) is 0 Å². The standard InChI is InChI=1S/C13H11Cl.C12H10.CH4/c14-10-12-8-4-5-9-13(12)11-6-2-1-3-7-11;1-3-7-11(8-4-1)12-9-5-2-6-10-12;/h1-9H,10H2;1-10H;1H4. The summed E-state index contributed by atoms with van der Waals surface area (Å²) in [4.78, 5) is 0. The zero-order chi connectivity index (χ0) is 18.0. The summed E-state index contributed by atoms with van der Waals surface area (Å²) < 4.78 is 0. The van der Waals surface area contributed by atoms with Gasteiger partial charge in [-0.05, 0) is 27.8 Å². The second-order valence-electron chi connectivity index (χ2n) is 5.89. The van der Waals surface area contributed by atoms with Gasteiger partial charge in [-0.25, -0.2) is 0 Å². The third kappa shape index (κ3) is 5.84. The lowest BCUT2D eigenvalue weighted by Crippen LogP contribution is -1.84. The quantitative estimate of drug-likeness (QED) is 0.319. The molecular weight excluding hydrogens is 348 g/mol. The molecule has 0 amide bonds. The first-order valence-electron chi connectivity index (χ1n) is 8.68. The summed E-state index contributed by atoms with van der Waals surface area (Å²) in [6, 6.07) is 39.3. The van der Waals surface area contributed by atoms with Crippen LogP contribution >= 0.6 is 11.6 Å². The molecule has 0 unspecified atom stereocenters. The van der Waals surface area contributed by atoms with Gasteiger partial charge in [0.05, 0.1) is 0 Å². The van der Waals surface area contributed by atoms with Crippen molar-refractivity contribution in [2.75, 3.05) is 0 Å². The molecule has 0 spiro atoms. The van der Waals surface area contributed by atoms with Crippen LogP contribution in [-0.2, 0) is 5.88 Å². The Bertz CT molecular complexity index is 863. The van der Waals surface area contributed by atoms with Crippen molar-refractivity contribution in [2.24, 2.45) is 0 Å². The summed E-state index contributed by atoms with van der Waals surface area (Å²) in [5.74, 6) is 0.561. The largest absolute Gasteiger partial charge is 0.122 e. The molecule has 0 bridgehead atoms. The Morgan fingerprint density at radius 2 is 0.815 bits per heavy atom. The van der Waals surface area contributed by atoms with Crippen molar-refractivity contribution in [3.05, 3.63) is 121 Å². The summed E-state index contributed by atoms with van der Waals surface area (Å²) in [7, 11) is 0. The number of hydrogen-bond acceptors (Lipinski definition) is 0. The van der Waals surface area contributed by atoms with E-state index in [1.165, 1.54) is 27.8 Å². The fourth-order valence-corrected chi connectivity index (χ4v) is 3.03. The minimum Gasteiger partial charge on any atom is -0.122 e. The maximum absolute atomic E-state index is 5.88. The minimum absolute atomic E-state index is 0. The molecule has 4 aromatic rings. The average molecular weight is 373 g/mol. The lowest BCUT2D eigenvalue weighted by molar-refractivity contribution is 1.40. The van der Waals surface area contributed by atoms with Gasteiger partial charge >= 0.3 is 0 Å². The number of alkyl halides is 1. The fourth-order valence-electron chi connectivity index (χ4n) is 2.80. The molecule has 0 aliphatic heterocycles.